The Hall–Kier alpha value is -4.20. The Morgan fingerprint density at radius 2 is 1.44 bits per heavy atom. The van der Waals surface area contributed by atoms with Crippen molar-refractivity contribution in [3.05, 3.63) is 59.3 Å². The summed E-state index contributed by atoms with van der Waals surface area (Å²) in [6.07, 6.45) is 6.42. The number of carboxylic acids is 1. The van der Waals surface area contributed by atoms with E-state index >= 15 is 0 Å². The number of nitrogens with one attached hydrogen (secondary N) is 1. The van der Waals surface area contributed by atoms with Gasteiger partial charge in [-0.3, -0.25) is 9.59 Å². The van der Waals surface area contributed by atoms with E-state index in [0.717, 1.165) is 70.1 Å². The highest BCUT2D eigenvalue weighted by molar-refractivity contribution is 6.77. The summed E-state index contributed by atoms with van der Waals surface area (Å²) in [5.41, 5.74) is 2.05. The zero-order valence-corrected chi connectivity index (χ0v) is 41.5. The fraction of sp³-hybridized carbons (Fsp3) is 0.640. The van der Waals surface area contributed by atoms with E-state index in [-0.39, 0.29) is 29.4 Å². The van der Waals surface area contributed by atoms with Crippen LogP contribution in [-0.4, -0.2) is 122 Å². The molecule has 63 heavy (non-hydrogen) atoms. The molecular weight excluding hydrogens is 809 g/mol. The summed E-state index contributed by atoms with van der Waals surface area (Å²) < 4.78 is 16.0. The number of carbonyl (C=O) groups excluding carboxylic acids is 2. The van der Waals surface area contributed by atoms with Gasteiger partial charge >= 0.3 is 5.97 Å². The molecule has 2 aromatic carbocycles. The fourth-order valence-electron chi connectivity index (χ4n) is 11.2. The number of carboxylic acid groups (broad SMARTS) is 1. The summed E-state index contributed by atoms with van der Waals surface area (Å²) in [5, 5.41) is 19.2. The largest absolute Gasteiger partial charge is 0.496 e. The van der Waals surface area contributed by atoms with Gasteiger partial charge in [0.15, 0.2) is 5.69 Å². The van der Waals surface area contributed by atoms with Gasteiger partial charge in [-0.15, -0.1) is 0 Å². The number of nitrogens with zero attached hydrogens (tertiary/aromatic N) is 5. The van der Waals surface area contributed by atoms with E-state index in [1.54, 1.807) is 29.9 Å². The Morgan fingerprint density at radius 3 is 1.97 bits per heavy atom. The van der Waals surface area contributed by atoms with Gasteiger partial charge in [0, 0.05) is 19.2 Å². The Morgan fingerprint density at radius 1 is 0.873 bits per heavy atom. The molecule has 4 aliphatic rings. The normalized spacial score (nSPS) is 22.0. The Balaban J connectivity index is 1.21. The Bertz CT molecular complexity index is 2080. The number of aromatic nitrogens is 2. The smallest absolute Gasteiger partial charge is 0.330 e. The average Bonchev–Trinajstić information content (AvgIpc) is 3.68. The molecule has 0 atom stereocenters. The zero-order valence-electron chi connectivity index (χ0n) is 40.5. The molecule has 3 aromatic rings. The first-order valence-electron chi connectivity index (χ1n) is 23.3. The maximum atomic E-state index is 14.5. The van der Waals surface area contributed by atoms with Gasteiger partial charge in [-0.2, -0.15) is 5.10 Å². The highest BCUT2D eigenvalue weighted by Crippen LogP contribution is 2.58. The number of aliphatic carboxylic acids is 1. The Labute approximate surface area is 378 Å². The van der Waals surface area contributed by atoms with Crippen LogP contribution in [0.4, 0.5) is 0 Å². The summed E-state index contributed by atoms with van der Waals surface area (Å²) in [7, 11) is 7.89. The lowest BCUT2D eigenvalue weighted by Gasteiger charge is -2.59. The van der Waals surface area contributed by atoms with Crippen LogP contribution in [0.5, 0.6) is 11.5 Å². The third-order valence-corrected chi connectivity index (χ3v) is 22.1. The van der Waals surface area contributed by atoms with Gasteiger partial charge in [0.2, 0.25) is 0 Å². The molecule has 2 amide bonds. The van der Waals surface area contributed by atoms with Crippen LogP contribution < -0.4 is 14.8 Å². The average molecular weight is 885 g/mol. The molecule has 0 spiro atoms. The SMILES string of the molecule is COc1cccc(OC)c1-c1cc(C(=O)NC2(C(=O)O)C3CC4CC(C3)CC2C4)nn1-c1ccc(C(=O)N(C)CCCN(C)CCCN(C)[Si](C)(C)C(C)(C)C(C)C)cc1C(C)C. The number of benzene rings is 2. The maximum absolute atomic E-state index is 14.5. The summed E-state index contributed by atoms with van der Waals surface area (Å²) >= 11 is 0. The van der Waals surface area contributed by atoms with Crippen molar-refractivity contribution in [2.75, 3.05) is 61.5 Å². The minimum atomic E-state index is -1.62. The topological polar surface area (TPSA) is 129 Å². The van der Waals surface area contributed by atoms with Gasteiger partial charge in [-0.25, -0.2) is 9.48 Å². The monoisotopic (exact) mass is 885 g/mol. The fourth-order valence-corrected chi connectivity index (χ4v) is 14.3. The van der Waals surface area contributed by atoms with E-state index in [0.29, 0.717) is 63.3 Å². The van der Waals surface area contributed by atoms with Crippen LogP contribution in [0, 0.1) is 29.6 Å². The molecule has 346 valence electrons. The van der Waals surface area contributed by atoms with Gasteiger partial charge in [0.25, 0.3) is 11.8 Å². The molecule has 1 heterocycles. The van der Waals surface area contributed by atoms with Crippen molar-refractivity contribution >= 4 is 26.0 Å². The van der Waals surface area contributed by atoms with Crippen LogP contribution in [0.3, 0.4) is 0 Å². The molecule has 1 aromatic heterocycles. The second-order valence-electron chi connectivity index (χ2n) is 20.8. The predicted molar refractivity (Wildman–Crippen MR) is 254 cm³/mol. The van der Waals surface area contributed by atoms with Crippen LogP contribution in [0.25, 0.3) is 16.9 Å². The number of ether oxygens (including phenoxy) is 2. The van der Waals surface area contributed by atoms with Crippen molar-refractivity contribution in [2.45, 2.75) is 116 Å². The minimum absolute atomic E-state index is 0.0207. The number of carbonyl (C=O) groups is 3. The van der Waals surface area contributed by atoms with Gasteiger partial charge in [-0.1, -0.05) is 60.7 Å². The third kappa shape index (κ3) is 9.34. The van der Waals surface area contributed by atoms with Crippen molar-refractivity contribution in [3.8, 4) is 28.4 Å². The summed E-state index contributed by atoms with van der Waals surface area (Å²) in [4.78, 5) is 45.8. The second kappa shape index (κ2) is 19.1. The first-order chi connectivity index (χ1) is 29.7. The van der Waals surface area contributed by atoms with Crippen molar-refractivity contribution < 1.29 is 29.0 Å². The van der Waals surface area contributed by atoms with Crippen molar-refractivity contribution in [1.82, 2.24) is 29.5 Å². The lowest BCUT2D eigenvalue weighted by Crippen LogP contribution is -2.70. The van der Waals surface area contributed by atoms with Crippen molar-refractivity contribution in [1.29, 1.82) is 0 Å². The van der Waals surface area contributed by atoms with E-state index in [2.05, 4.69) is 83.5 Å². The molecule has 0 radical (unpaired) electrons. The standard InChI is InChI=1S/C50H76N6O6Si/c1-32(2)39-30-36(47(58)54(8)23-15-21-53(7)22-16-24-55(9)63(12,13)49(5,6)33(3)4)19-20-41(39)56-42(45-43(61-10)17-14-18-44(45)62-11)31-40(52-56)46(57)51-50(48(59)60)37-26-34-25-35(28-37)29-38(50)27-34/h14,17-20,30-35,37-38H,15-16,21-29H2,1-13H3,(H,51,57)(H,59,60). The molecule has 0 saturated heterocycles. The number of rotatable bonds is 20. The van der Waals surface area contributed by atoms with Crippen LogP contribution in [0.1, 0.15) is 119 Å². The molecule has 4 saturated carbocycles. The third-order valence-electron chi connectivity index (χ3n) is 16.2. The lowest BCUT2D eigenvalue weighted by atomic mass is 9.48. The number of hydrogen-bond donors (Lipinski definition) is 2. The summed E-state index contributed by atoms with van der Waals surface area (Å²) in [5.74, 6) is 0.968. The molecular formula is C50H76N6O6Si. The van der Waals surface area contributed by atoms with Crippen LogP contribution in [0.2, 0.25) is 18.1 Å². The molecule has 13 heteroatoms. The highest BCUT2D eigenvalue weighted by atomic mass is 28.3. The maximum Gasteiger partial charge on any atom is 0.330 e. The summed E-state index contributed by atoms with van der Waals surface area (Å²) in [6, 6.07) is 12.9. The van der Waals surface area contributed by atoms with E-state index < -0.39 is 25.7 Å². The molecule has 2 N–H and O–H groups in total. The first-order valence-corrected chi connectivity index (χ1v) is 26.3. The van der Waals surface area contributed by atoms with Crippen molar-refractivity contribution in [2.24, 2.45) is 29.6 Å². The van der Waals surface area contributed by atoms with Gasteiger partial charge in [0.1, 0.15) is 25.3 Å². The van der Waals surface area contributed by atoms with Gasteiger partial charge in [0.05, 0.1) is 31.2 Å². The van der Waals surface area contributed by atoms with Crippen LogP contribution >= 0.6 is 0 Å². The van der Waals surface area contributed by atoms with E-state index in [1.807, 2.05) is 43.4 Å². The van der Waals surface area contributed by atoms with Crippen LogP contribution in [0.15, 0.2) is 42.5 Å². The molecule has 4 aliphatic carbocycles. The van der Waals surface area contributed by atoms with Crippen molar-refractivity contribution in [3.63, 3.8) is 0 Å². The number of methoxy groups -OCH3 is 2. The molecule has 12 nitrogen and oxygen atoms in total. The first kappa shape index (κ1) is 48.3. The number of hydrogen-bond acceptors (Lipinski definition) is 8. The van der Waals surface area contributed by atoms with E-state index in [9.17, 15) is 19.5 Å². The highest BCUT2D eigenvalue weighted by Gasteiger charge is 2.62. The van der Waals surface area contributed by atoms with E-state index in [4.69, 9.17) is 14.6 Å². The second-order valence-corrected chi connectivity index (χ2v) is 26.0. The van der Waals surface area contributed by atoms with Gasteiger partial charge < -0.3 is 34.3 Å². The predicted octanol–water partition coefficient (Wildman–Crippen LogP) is 9.05. The zero-order chi connectivity index (χ0) is 46.2. The van der Waals surface area contributed by atoms with Gasteiger partial charge in [-0.05, 0) is 161 Å². The molecule has 4 fully saturated rings. The molecule has 0 aliphatic heterocycles. The lowest BCUT2D eigenvalue weighted by molar-refractivity contribution is -0.163. The minimum Gasteiger partial charge on any atom is -0.496 e. The van der Waals surface area contributed by atoms with Crippen LogP contribution in [-0.2, 0) is 4.79 Å². The Kier molecular flexibility index (Phi) is 14.6. The molecule has 0 unspecified atom stereocenters. The quantitative estimate of drug-likeness (QED) is 0.107. The summed E-state index contributed by atoms with van der Waals surface area (Å²) in [6.45, 7) is 22.3. The van der Waals surface area contributed by atoms with E-state index in [1.165, 1.54) is 0 Å². The number of amides is 2. The molecule has 4 bridgehead atoms. The molecule has 7 rings (SSSR count).